The lowest BCUT2D eigenvalue weighted by Crippen LogP contribution is -2.36. The molecule has 0 aromatic heterocycles. The maximum Gasteiger partial charge on any atom is 0.338 e. The zero-order valence-corrected chi connectivity index (χ0v) is 13.9. The summed E-state index contributed by atoms with van der Waals surface area (Å²) in [5, 5.41) is 11.7. The molecule has 1 atom stereocenters. The van der Waals surface area contributed by atoms with Gasteiger partial charge in [-0.05, 0) is 48.7 Å². The van der Waals surface area contributed by atoms with Crippen molar-refractivity contribution in [3.05, 3.63) is 71.0 Å². The van der Waals surface area contributed by atoms with Gasteiger partial charge < -0.3 is 15.2 Å². The third kappa shape index (κ3) is 5.69. The van der Waals surface area contributed by atoms with E-state index in [1.807, 2.05) is 0 Å². The fourth-order valence-corrected chi connectivity index (χ4v) is 2.15. The van der Waals surface area contributed by atoms with Crippen LogP contribution < -0.4 is 5.32 Å². The van der Waals surface area contributed by atoms with Crippen LogP contribution in [0.4, 0.5) is 4.39 Å². The van der Waals surface area contributed by atoms with E-state index in [9.17, 15) is 14.0 Å². The lowest BCUT2D eigenvalue weighted by Gasteiger charge is -2.13. The summed E-state index contributed by atoms with van der Waals surface area (Å²) in [4.78, 5) is 24.0. The monoisotopic (exact) mass is 345 g/mol. The van der Waals surface area contributed by atoms with Crippen molar-refractivity contribution in [1.29, 1.82) is 0 Å². The summed E-state index contributed by atoms with van der Waals surface area (Å²) in [5.74, 6) is -1.31. The Morgan fingerprint density at radius 3 is 2.28 bits per heavy atom. The first kappa shape index (κ1) is 18.6. The van der Waals surface area contributed by atoms with Crippen LogP contribution >= 0.6 is 0 Å². The molecular weight excluding hydrogens is 325 g/mol. The van der Waals surface area contributed by atoms with Gasteiger partial charge in [0, 0.05) is 6.54 Å². The summed E-state index contributed by atoms with van der Waals surface area (Å²) in [7, 11) is 0. The van der Waals surface area contributed by atoms with Crippen molar-refractivity contribution in [1.82, 2.24) is 5.32 Å². The number of aliphatic hydroxyl groups is 1. The van der Waals surface area contributed by atoms with E-state index >= 15 is 0 Å². The molecule has 2 rings (SSSR count). The molecule has 0 aliphatic heterocycles. The molecule has 132 valence electrons. The van der Waals surface area contributed by atoms with E-state index in [1.165, 1.54) is 31.2 Å². The fourth-order valence-electron chi connectivity index (χ4n) is 2.15. The summed E-state index contributed by atoms with van der Waals surface area (Å²) in [6.45, 7) is 1.74. The van der Waals surface area contributed by atoms with Crippen molar-refractivity contribution < 1.29 is 23.8 Å². The second-order valence-corrected chi connectivity index (χ2v) is 5.57. The Morgan fingerprint density at radius 2 is 1.68 bits per heavy atom. The number of nitrogens with one attached hydrogen (secondary N) is 1. The molecule has 2 aromatic carbocycles. The topological polar surface area (TPSA) is 75.6 Å². The molecule has 0 saturated carbocycles. The summed E-state index contributed by atoms with van der Waals surface area (Å²) < 4.78 is 17.9. The van der Waals surface area contributed by atoms with E-state index in [4.69, 9.17) is 9.84 Å². The van der Waals surface area contributed by atoms with Crippen molar-refractivity contribution in [2.75, 3.05) is 6.54 Å². The largest absolute Gasteiger partial charge is 0.449 e. The molecule has 0 fully saturated rings. The summed E-state index contributed by atoms with van der Waals surface area (Å²) >= 11 is 0. The minimum absolute atomic E-state index is 0.109. The van der Waals surface area contributed by atoms with Gasteiger partial charge in [0.15, 0.2) is 6.10 Å². The number of rotatable bonds is 7. The molecule has 0 heterocycles. The van der Waals surface area contributed by atoms with E-state index in [-0.39, 0.29) is 12.4 Å². The van der Waals surface area contributed by atoms with Crippen LogP contribution in [0.3, 0.4) is 0 Å². The number of halogens is 1. The van der Waals surface area contributed by atoms with Gasteiger partial charge in [-0.2, -0.15) is 0 Å². The number of carbonyl (C=O) groups is 2. The standard InChI is InChI=1S/C19H20FNO4/c1-13(25-19(24)16-6-2-15(12-22)3-7-16)18(23)21-11-10-14-4-8-17(20)9-5-14/h2-9,13,22H,10-12H2,1H3,(H,21,23)/t13-/m1/s1. The van der Waals surface area contributed by atoms with Crippen molar-refractivity contribution >= 4 is 11.9 Å². The van der Waals surface area contributed by atoms with Gasteiger partial charge in [0.05, 0.1) is 12.2 Å². The Labute approximate surface area is 145 Å². The predicted molar refractivity (Wildman–Crippen MR) is 90.4 cm³/mol. The summed E-state index contributed by atoms with van der Waals surface area (Å²) in [6.07, 6.45) is -0.381. The van der Waals surface area contributed by atoms with E-state index in [2.05, 4.69) is 5.32 Å². The quantitative estimate of drug-likeness (QED) is 0.755. The van der Waals surface area contributed by atoms with Gasteiger partial charge in [-0.3, -0.25) is 4.79 Å². The Kier molecular flexibility index (Phi) is 6.65. The molecule has 2 aromatic rings. The van der Waals surface area contributed by atoms with Crippen molar-refractivity contribution in [2.24, 2.45) is 0 Å². The van der Waals surface area contributed by atoms with E-state index in [0.717, 1.165) is 5.56 Å². The molecule has 2 N–H and O–H groups in total. The summed E-state index contributed by atoms with van der Waals surface area (Å²) in [6, 6.07) is 12.3. The predicted octanol–water partition coefficient (Wildman–Crippen LogP) is 2.22. The van der Waals surface area contributed by atoms with Crippen molar-refractivity contribution in [3.8, 4) is 0 Å². The minimum atomic E-state index is -0.932. The average Bonchev–Trinajstić information content (AvgIpc) is 2.63. The number of ether oxygens (including phenoxy) is 1. The normalized spacial score (nSPS) is 11.6. The molecule has 5 nitrogen and oxygen atoms in total. The highest BCUT2D eigenvalue weighted by Gasteiger charge is 2.18. The van der Waals surface area contributed by atoms with Crippen LogP contribution in [0.5, 0.6) is 0 Å². The Hall–Kier alpha value is -2.73. The molecule has 0 aliphatic rings. The van der Waals surface area contributed by atoms with Crippen LogP contribution in [-0.2, 0) is 22.6 Å². The highest BCUT2D eigenvalue weighted by atomic mass is 19.1. The molecule has 6 heteroatoms. The molecule has 0 saturated heterocycles. The van der Waals surface area contributed by atoms with Gasteiger partial charge in [0.25, 0.3) is 5.91 Å². The second-order valence-electron chi connectivity index (χ2n) is 5.57. The van der Waals surface area contributed by atoms with Gasteiger partial charge in [-0.1, -0.05) is 24.3 Å². The smallest absolute Gasteiger partial charge is 0.338 e. The first-order valence-corrected chi connectivity index (χ1v) is 7.92. The lowest BCUT2D eigenvalue weighted by molar-refractivity contribution is -0.129. The molecule has 0 unspecified atom stereocenters. The highest BCUT2D eigenvalue weighted by molar-refractivity contribution is 5.92. The Bertz CT molecular complexity index is 713. The summed E-state index contributed by atoms with van der Waals surface area (Å²) in [5.41, 5.74) is 1.89. The van der Waals surface area contributed by atoms with Crippen LogP contribution in [0, 0.1) is 5.82 Å². The van der Waals surface area contributed by atoms with Crippen LogP contribution in [0.25, 0.3) is 0 Å². The fraction of sp³-hybridized carbons (Fsp3) is 0.263. The first-order chi connectivity index (χ1) is 12.0. The Morgan fingerprint density at radius 1 is 1.08 bits per heavy atom. The van der Waals surface area contributed by atoms with Crippen LogP contribution in [0.1, 0.15) is 28.4 Å². The molecule has 0 spiro atoms. The second kappa shape index (κ2) is 8.94. The third-order valence-electron chi connectivity index (χ3n) is 3.65. The number of esters is 1. The van der Waals surface area contributed by atoms with Crippen LogP contribution in [-0.4, -0.2) is 29.6 Å². The third-order valence-corrected chi connectivity index (χ3v) is 3.65. The zero-order valence-electron chi connectivity index (χ0n) is 13.9. The van der Waals surface area contributed by atoms with Crippen LogP contribution in [0.2, 0.25) is 0 Å². The molecule has 25 heavy (non-hydrogen) atoms. The zero-order chi connectivity index (χ0) is 18.2. The first-order valence-electron chi connectivity index (χ1n) is 7.92. The SMILES string of the molecule is C[C@@H](OC(=O)c1ccc(CO)cc1)C(=O)NCCc1ccc(F)cc1. The lowest BCUT2D eigenvalue weighted by atomic mass is 10.1. The van der Waals surface area contributed by atoms with Crippen molar-refractivity contribution in [2.45, 2.75) is 26.1 Å². The molecule has 0 bridgehead atoms. The van der Waals surface area contributed by atoms with Gasteiger partial charge in [0.2, 0.25) is 0 Å². The van der Waals surface area contributed by atoms with Gasteiger partial charge in [-0.25, -0.2) is 9.18 Å². The molecule has 1 amide bonds. The van der Waals surface area contributed by atoms with E-state index < -0.39 is 18.0 Å². The van der Waals surface area contributed by atoms with E-state index in [1.54, 1.807) is 24.3 Å². The van der Waals surface area contributed by atoms with Gasteiger partial charge >= 0.3 is 5.97 Å². The maximum absolute atomic E-state index is 12.8. The molecular formula is C19H20FNO4. The van der Waals surface area contributed by atoms with Gasteiger partial charge in [-0.15, -0.1) is 0 Å². The Balaban J connectivity index is 1.78. The van der Waals surface area contributed by atoms with E-state index in [0.29, 0.717) is 24.1 Å². The average molecular weight is 345 g/mol. The van der Waals surface area contributed by atoms with Gasteiger partial charge in [0.1, 0.15) is 5.82 Å². The van der Waals surface area contributed by atoms with Crippen LogP contribution in [0.15, 0.2) is 48.5 Å². The maximum atomic E-state index is 12.8. The number of hydrogen-bond acceptors (Lipinski definition) is 4. The number of carbonyl (C=O) groups excluding carboxylic acids is 2. The number of hydrogen-bond donors (Lipinski definition) is 2. The van der Waals surface area contributed by atoms with Crippen molar-refractivity contribution in [3.63, 3.8) is 0 Å². The molecule has 0 radical (unpaired) electrons. The minimum Gasteiger partial charge on any atom is -0.449 e. The number of amides is 1. The number of aliphatic hydroxyl groups excluding tert-OH is 1. The molecule has 0 aliphatic carbocycles. The highest BCUT2D eigenvalue weighted by Crippen LogP contribution is 2.08. The number of benzene rings is 2.